The highest BCUT2D eigenvalue weighted by Gasteiger charge is 2.62. The van der Waals surface area contributed by atoms with Gasteiger partial charge in [0.25, 0.3) is 0 Å². The number of carbonyl (C=O) groups excluding carboxylic acids is 1. The Kier molecular flexibility index (Phi) is 5.83. The highest BCUT2D eigenvalue weighted by molar-refractivity contribution is 5.69. The number of aliphatic hydroxyl groups is 2. The molecule has 4 heteroatoms. The Labute approximate surface area is 176 Å². The van der Waals surface area contributed by atoms with Crippen molar-refractivity contribution in [1.82, 2.24) is 0 Å². The van der Waals surface area contributed by atoms with E-state index >= 15 is 0 Å². The summed E-state index contributed by atoms with van der Waals surface area (Å²) in [6.45, 7) is 7.29. The number of carbonyl (C=O) groups is 1. The number of aliphatic hydroxyl groups excluding tert-OH is 2. The van der Waals surface area contributed by atoms with Crippen LogP contribution in [0.1, 0.15) is 85.0 Å². The van der Waals surface area contributed by atoms with Crippen LogP contribution in [0.5, 0.6) is 0 Å². The van der Waals surface area contributed by atoms with Gasteiger partial charge in [0, 0.05) is 6.42 Å². The van der Waals surface area contributed by atoms with E-state index in [4.69, 9.17) is 4.74 Å². The van der Waals surface area contributed by atoms with Gasteiger partial charge in [0.15, 0.2) is 0 Å². The van der Waals surface area contributed by atoms with Gasteiger partial charge in [0.2, 0.25) is 0 Å². The second-order valence-electron chi connectivity index (χ2n) is 11.5. The molecule has 29 heavy (non-hydrogen) atoms. The Morgan fingerprint density at radius 3 is 2.45 bits per heavy atom. The van der Waals surface area contributed by atoms with E-state index in [-0.39, 0.29) is 23.6 Å². The summed E-state index contributed by atoms with van der Waals surface area (Å²) in [5.41, 5.74) is 0.577. The molecule has 0 unspecified atom stereocenters. The van der Waals surface area contributed by atoms with Crippen molar-refractivity contribution in [1.29, 1.82) is 0 Å². The minimum Gasteiger partial charge on any atom is -0.469 e. The van der Waals surface area contributed by atoms with Crippen LogP contribution >= 0.6 is 0 Å². The molecule has 0 bridgehead atoms. The molecule has 0 aliphatic heterocycles. The first kappa shape index (κ1) is 21.6. The lowest BCUT2D eigenvalue weighted by Gasteiger charge is -2.62. The maximum atomic E-state index is 11.6. The topological polar surface area (TPSA) is 66.8 Å². The van der Waals surface area contributed by atoms with Crippen LogP contribution in [0.15, 0.2) is 0 Å². The fourth-order valence-corrected chi connectivity index (χ4v) is 8.82. The number of hydrogen-bond acceptors (Lipinski definition) is 4. The van der Waals surface area contributed by atoms with Crippen LogP contribution in [-0.4, -0.2) is 35.5 Å². The van der Waals surface area contributed by atoms with Crippen LogP contribution in [0.4, 0.5) is 0 Å². The molecule has 0 amide bonds. The van der Waals surface area contributed by atoms with Crippen LogP contribution in [0.25, 0.3) is 0 Å². The van der Waals surface area contributed by atoms with Gasteiger partial charge in [-0.25, -0.2) is 0 Å². The third-order valence-electron chi connectivity index (χ3n) is 10.4. The predicted octanol–water partition coefficient (Wildman–Crippen LogP) is 4.57. The lowest BCUT2D eigenvalue weighted by atomic mass is 9.43. The average molecular weight is 407 g/mol. The molecule has 166 valence electrons. The normalized spacial score (nSPS) is 50.2. The molecule has 0 aromatic heterocycles. The van der Waals surface area contributed by atoms with Gasteiger partial charge in [-0.1, -0.05) is 20.8 Å². The second kappa shape index (κ2) is 7.82. The van der Waals surface area contributed by atoms with Crippen molar-refractivity contribution < 1.29 is 19.7 Å². The molecule has 2 N–H and O–H groups in total. The number of rotatable bonds is 4. The van der Waals surface area contributed by atoms with Gasteiger partial charge in [0.05, 0.1) is 19.3 Å². The SMILES string of the molecule is COC(=O)CC[C@H](C)[C@@H]1CC[C@@H]2[C@H]3[C@H](O)C[C@H]4C[C@@H](O)CC[C@]4(C)[C@@H]3CC[C@]21C. The standard InChI is InChI=1S/C25H42O4/c1-15(5-8-22(28)29-4)18-6-7-19-23-20(10-12-25(18,19)3)24(2)11-9-17(26)13-16(24)14-21(23)27/h15-21,23,26-27H,5-14H2,1-4H3/t15-,16+,17-,18-,19+,20+,21+,23+,24-,25-/m0/s1. The van der Waals surface area contributed by atoms with E-state index in [0.717, 1.165) is 32.1 Å². The van der Waals surface area contributed by atoms with E-state index in [0.29, 0.717) is 47.3 Å². The molecule has 0 radical (unpaired) electrons. The van der Waals surface area contributed by atoms with Gasteiger partial charge in [-0.05, 0) is 104 Å². The first-order chi connectivity index (χ1) is 13.7. The highest BCUT2D eigenvalue weighted by atomic mass is 16.5. The summed E-state index contributed by atoms with van der Waals surface area (Å²) in [4.78, 5) is 11.6. The fraction of sp³-hybridized carbons (Fsp3) is 0.960. The number of hydrogen-bond donors (Lipinski definition) is 2. The molecule has 4 aliphatic carbocycles. The quantitative estimate of drug-likeness (QED) is 0.671. The van der Waals surface area contributed by atoms with Crippen molar-refractivity contribution >= 4 is 5.97 Å². The van der Waals surface area contributed by atoms with Crippen LogP contribution in [-0.2, 0) is 9.53 Å². The summed E-state index contributed by atoms with van der Waals surface area (Å²) in [5.74, 6) is 3.17. The minimum atomic E-state index is -0.211. The molecular weight excluding hydrogens is 364 g/mol. The molecule has 4 nitrogen and oxygen atoms in total. The van der Waals surface area contributed by atoms with Gasteiger partial charge in [-0.3, -0.25) is 4.79 Å². The zero-order valence-electron chi connectivity index (χ0n) is 18.9. The van der Waals surface area contributed by atoms with Crippen LogP contribution in [0, 0.1) is 46.3 Å². The van der Waals surface area contributed by atoms with Gasteiger partial charge in [-0.15, -0.1) is 0 Å². The Hall–Kier alpha value is -0.610. The van der Waals surface area contributed by atoms with Crippen molar-refractivity contribution in [2.45, 2.75) is 97.2 Å². The van der Waals surface area contributed by atoms with Crippen molar-refractivity contribution in [2.75, 3.05) is 7.11 Å². The fourth-order valence-electron chi connectivity index (χ4n) is 8.82. The molecule has 4 saturated carbocycles. The first-order valence-corrected chi connectivity index (χ1v) is 12.1. The number of esters is 1. The molecule has 10 atom stereocenters. The summed E-state index contributed by atoms with van der Waals surface area (Å²) in [7, 11) is 1.48. The zero-order valence-corrected chi connectivity index (χ0v) is 18.9. The molecule has 4 fully saturated rings. The molecular formula is C25H42O4. The summed E-state index contributed by atoms with van der Waals surface area (Å²) < 4.78 is 4.86. The Morgan fingerprint density at radius 1 is 1.03 bits per heavy atom. The molecule has 4 rings (SSSR count). The van der Waals surface area contributed by atoms with E-state index in [1.54, 1.807) is 0 Å². The molecule has 4 aliphatic rings. The van der Waals surface area contributed by atoms with Crippen LogP contribution < -0.4 is 0 Å². The highest BCUT2D eigenvalue weighted by Crippen LogP contribution is 2.68. The molecule has 0 saturated heterocycles. The van der Waals surface area contributed by atoms with E-state index < -0.39 is 0 Å². The van der Waals surface area contributed by atoms with Gasteiger partial charge in [0.1, 0.15) is 0 Å². The summed E-state index contributed by atoms with van der Waals surface area (Å²) >= 11 is 0. The van der Waals surface area contributed by atoms with E-state index in [9.17, 15) is 15.0 Å². The van der Waals surface area contributed by atoms with E-state index in [2.05, 4.69) is 20.8 Å². The van der Waals surface area contributed by atoms with Gasteiger partial charge in [-0.2, -0.15) is 0 Å². The van der Waals surface area contributed by atoms with Crippen LogP contribution in [0.3, 0.4) is 0 Å². The average Bonchev–Trinajstić information content (AvgIpc) is 3.04. The van der Waals surface area contributed by atoms with E-state index in [1.807, 2.05) is 0 Å². The number of methoxy groups -OCH3 is 1. The second-order valence-corrected chi connectivity index (χ2v) is 11.5. The number of fused-ring (bicyclic) bond motifs is 5. The maximum Gasteiger partial charge on any atom is 0.305 e. The van der Waals surface area contributed by atoms with Crippen molar-refractivity contribution in [3.05, 3.63) is 0 Å². The first-order valence-electron chi connectivity index (χ1n) is 12.1. The van der Waals surface area contributed by atoms with E-state index in [1.165, 1.54) is 32.8 Å². The van der Waals surface area contributed by atoms with Crippen molar-refractivity contribution in [3.8, 4) is 0 Å². The third kappa shape index (κ3) is 3.46. The molecule has 0 heterocycles. The Bertz CT molecular complexity index is 620. The van der Waals surface area contributed by atoms with Crippen molar-refractivity contribution in [2.24, 2.45) is 46.3 Å². The molecule has 0 spiro atoms. The lowest BCUT2D eigenvalue weighted by Crippen LogP contribution is -2.58. The third-order valence-corrected chi connectivity index (χ3v) is 10.4. The number of ether oxygens (including phenoxy) is 1. The monoisotopic (exact) mass is 406 g/mol. The maximum absolute atomic E-state index is 11.6. The summed E-state index contributed by atoms with van der Waals surface area (Å²) in [6.07, 6.45) is 9.80. The largest absolute Gasteiger partial charge is 0.469 e. The zero-order chi connectivity index (χ0) is 21.0. The smallest absolute Gasteiger partial charge is 0.305 e. The molecule has 0 aromatic carbocycles. The van der Waals surface area contributed by atoms with Crippen molar-refractivity contribution in [3.63, 3.8) is 0 Å². The summed E-state index contributed by atoms with van der Waals surface area (Å²) in [5, 5.41) is 21.5. The van der Waals surface area contributed by atoms with Crippen LogP contribution in [0.2, 0.25) is 0 Å². The van der Waals surface area contributed by atoms with Gasteiger partial charge < -0.3 is 14.9 Å². The van der Waals surface area contributed by atoms with Gasteiger partial charge >= 0.3 is 5.97 Å². The Morgan fingerprint density at radius 2 is 1.72 bits per heavy atom. The molecule has 0 aromatic rings. The Balaban J connectivity index is 1.53. The summed E-state index contributed by atoms with van der Waals surface area (Å²) in [6, 6.07) is 0. The lowest BCUT2D eigenvalue weighted by molar-refractivity contribution is -0.174. The minimum absolute atomic E-state index is 0.0959. The predicted molar refractivity (Wildman–Crippen MR) is 113 cm³/mol.